The first kappa shape index (κ1) is 19.2. The Morgan fingerprint density at radius 3 is 1.24 bits per heavy atom. The molecule has 3 rings (SSSR count). The number of hydrogen-bond acceptors (Lipinski definition) is 1. The smallest absolute Gasteiger partial charge is 0.345 e. The van der Waals surface area contributed by atoms with Gasteiger partial charge < -0.3 is 5.11 Å². The summed E-state index contributed by atoms with van der Waals surface area (Å²) in [6.07, 6.45) is 0. The first-order chi connectivity index (χ1) is 11.7. The van der Waals surface area contributed by atoms with E-state index >= 15 is 0 Å². The van der Waals surface area contributed by atoms with Crippen LogP contribution < -0.4 is 15.9 Å². The molecule has 0 aromatic heterocycles. The summed E-state index contributed by atoms with van der Waals surface area (Å²) >= 11 is 0. The van der Waals surface area contributed by atoms with Crippen LogP contribution in [0.2, 0.25) is 0 Å². The van der Waals surface area contributed by atoms with Gasteiger partial charge in [-0.3, -0.25) is 0 Å². The van der Waals surface area contributed by atoms with Gasteiger partial charge in [-0.15, -0.1) is 12.4 Å². The SMILES string of the molecule is CC(C(=O)O)[P+](c1ccccc1)(c1ccccc1)c1ccccc1.Cl. The van der Waals surface area contributed by atoms with Gasteiger partial charge in [0.2, 0.25) is 0 Å². The number of aliphatic carboxylic acids is 1. The lowest BCUT2D eigenvalue weighted by Gasteiger charge is -2.30. The fourth-order valence-electron chi connectivity index (χ4n) is 3.27. The third-order valence-corrected chi connectivity index (χ3v) is 9.15. The van der Waals surface area contributed by atoms with Crippen LogP contribution in [-0.2, 0) is 4.79 Å². The summed E-state index contributed by atoms with van der Waals surface area (Å²) in [4.78, 5) is 12.1. The monoisotopic (exact) mass is 371 g/mol. The zero-order chi connectivity index (χ0) is 17.0. The van der Waals surface area contributed by atoms with Crippen LogP contribution >= 0.6 is 19.7 Å². The number of carboxylic acid groups (broad SMARTS) is 1. The van der Waals surface area contributed by atoms with Crippen molar-refractivity contribution in [2.75, 3.05) is 0 Å². The van der Waals surface area contributed by atoms with Crippen molar-refractivity contribution in [3.05, 3.63) is 91.0 Å². The lowest BCUT2D eigenvalue weighted by atomic mass is 10.3. The number of hydrogen-bond donors (Lipinski definition) is 1. The molecule has 0 amide bonds. The molecule has 3 aromatic carbocycles. The number of benzene rings is 3. The second kappa shape index (κ2) is 8.29. The summed E-state index contributed by atoms with van der Waals surface area (Å²) in [5.41, 5.74) is -0.510. The number of rotatable bonds is 5. The van der Waals surface area contributed by atoms with Gasteiger partial charge in [0.1, 0.15) is 23.2 Å². The fraction of sp³-hybridized carbons (Fsp3) is 0.0952. The highest BCUT2D eigenvalue weighted by atomic mass is 35.5. The maximum Gasteiger partial charge on any atom is 0.345 e. The molecule has 0 heterocycles. The van der Waals surface area contributed by atoms with Gasteiger partial charge in [-0.25, -0.2) is 4.79 Å². The molecule has 1 N–H and O–H groups in total. The number of carbonyl (C=O) groups is 1. The van der Waals surface area contributed by atoms with Crippen molar-refractivity contribution in [1.82, 2.24) is 0 Å². The zero-order valence-electron chi connectivity index (χ0n) is 13.9. The average molecular weight is 372 g/mol. The van der Waals surface area contributed by atoms with Crippen molar-refractivity contribution in [3.63, 3.8) is 0 Å². The summed E-state index contributed by atoms with van der Waals surface area (Å²) < 4.78 is 0. The standard InChI is InChI=1S/C21H19O2P.ClH/c1-17(21(22)23)24(18-11-5-2-6-12-18,19-13-7-3-8-14-19)20-15-9-4-10-16-20;/h2-17H,1H3;1H/p+1. The molecule has 0 aliphatic heterocycles. The van der Waals surface area contributed by atoms with Gasteiger partial charge in [0.05, 0.1) is 0 Å². The molecule has 0 radical (unpaired) electrons. The summed E-state index contributed by atoms with van der Waals surface area (Å²) in [7, 11) is -2.30. The zero-order valence-corrected chi connectivity index (χ0v) is 15.7. The number of carboxylic acids is 1. The first-order valence-corrected chi connectivity index (χ1v) is 9.81. The minimum Gasteiger partial charge on any atom is -0.478 e. The van der Waals surface area contributed by atoms with Gasteiger partial charge in [-0.1, -0.05) is 54.6 Å². The molecule has 4 heteroatoms. The molecule has 0 spiro atoms. The van der Waals surface area contributed by atoms with E-state index in [1.165, 1.54) is 0 Å². The molecular formula is C21H21ClO2P+. The van der Waals surface area contributed by atoms with Crippen molar-refractivity contribution in [2.45, 2.75) is 12.6 Å². The predicted molar refractivity (Wildman–Crippen MR) is 109 cm³/mol. The van der Waals surface area contributed by atoms with Crippen LogP contribution in [0.15, 0.2) is 91.0 Å². The molecule has 0 saturated heterocycles. The molecule has 0 aliphatic carbocycles. The molecule has 0 saturated carbocycles. The third-order valence-electron chi connectivity index (χ3n) is 4.43. The normalized spacial score (nSPS) is 12.0. The van der Waals surface area contributed by atoms with Gasteiger partial charge in [-0.2, -0.15) is 0 Å². The van der Waals surface area contributed by atoms with Crippen LogP contribution in [0.4, 0.5) is 0 Å². The Morgan fingerprint density at radius 1 is 0.720 bits per heavy atom. The minimum atomic E-state index is -2.30. The van der Waals surface area contributed by atoms with Gasteiger partial charge in [0, 0.05) is 0 Å². The van der Waals surface area contributed by atoms with E-state index in [4.69, 9.17) is 0 Å². The van der Waals surface area contributed by atoms with Crippen LogP contribution in [0.5, 0.6) is 0 Å². The average Bonchev–Trinajstić information content (AvgIpc) is 2.65. The Hall–Kier alpha value is -2.15. The Labute approximate surface area is 155 Å². The fourth-order valence-corrected chi connectivity index (χ4v) is 7.77. The Bertz CT molecular complexity index is 710. The van der Waals surface area contributed by atoms with Crippen LogP contribution in [0.1, 0.15) is 6.92 Å². The van der Waals surface area contributed by atoms with E-state index in [9.17, 15) is 9.90 Å². The van der Waals surface area contributed by atoms with Crippen molar-refractivity contribution < 1.29 is 9.90 Å². The third kappa shape index (κ3) is 3.46. The molecule has 1 unspecified atom stereocenters. The van der Waals surface area contributed by atoms with E-state index < -0.39 is 18.9 Å². The van der Waals surface area contributed by atoms with E-state index in [1.807, 2.05) is 61.5 Å². The second-order valence-electron chi connectivity index (χ2n) is 5.74. The molecule has 2 nitrogen and oxygen atoms in total. The molecule has 25 heavy (non-hydrogen) atoms. The summed E-state index contributed by atoms with van der Waals surface area (Å²) in [5, 5.41) is 13.2. The Kier molecular flexibility index (Phi) is 6.36. The lowest BCUT2D eigenvalue weighted by Crippen LogP contribution is -2.41. The number of halogens is 1. The summed E-state index contributed by atoms with van der Waals surface area (Å²) in [6, 6.07) is 30.2. The first-order valence-electron chi connectivity index (χ1n) is 7.95. The van der Waals surface area contributed by atoms with Gasteiger partial charge >= 0.3 is 5.97 Å². The predicted octanol–water partition coefficient (Wildman–Crippen LogP) is 3.88. The maximum atomic E-state index is 12.1. The molecular weight excluding hydrogens is 351 g/mol. The Morgan fingerprint density at radius 2 is 1.00 bits per heavy atom. The van der Waals surface area contributed by atoms with E-state index in [0.717, 1.165) is 15.9 Å². The van der Waals surface area contributed by atoms with Crippen molar-refractivity contribution in [1.29, 1.82) is 0 Å². The lowest BCUT2D eigenvalue weighted by molar-refractivity contribution is -0.136. The Balaban J connectivity index is 0.00000225. The highest BCUT2D eigenvalue weighted by molar-refractivity contribution is 7.96. The van der Waals surface area contributed by atoms with E-state index in [-0.39, 0.29) is 12.4 Å². The summed E-state index contributed by atoms with van der Waals surface area (Å²) in [5.74, 6) is -0.764. The van der Waals surface area contributed by atoms with E-state index in [0.29, 0.717) is 0 Å². The van der Waals surface area contributed by atoms with Gasteiger partial charge in [0.15, 0.2) is 5.66 Å². The maximum absolute atomic E-state index is 12.1. The molecule has 3 aromatic rings. The van der Waals surface area contributed by atoms with E-state index in [1.54, 1.807) is 0 Å². The van der Waals surface area contributed by atoms with Gasteiger partial charge in [0.25, 0.3) is 0 Å². The highest BCUT2D eigenvalue weighted by Gasteiger charge is 2.53. The minimum absolute atomic E-state index is 0. The van der Waals surface area contributed by atoms with Crippen LogP contribution in [-0.4, -0.2) is 16.7 Å². The molecule has 0 fully saturated rings. The highest BCUT2D eigenvalue weighted by Crippen LogP contribution is 2.59. The van der Waals surface area contributed by atoms with Crippen molar-refractivity contribution in [2.24, 2.45) is 0 Å². The van der Waals surface area contributed by atoms with Crippen LogP contribution in [0.3, 0.4) is 0 Å². The van der Waals surface area contributed by atoms with E-state index in [2.05, 4.69) is 36.4 Å². The molecule has 0 bridgehead atoms. The van der Waals surface area contributed by atoms with Crippen LogP contribution in [0, 0.1) is 0 Å². The largest absolute Gasteiger partial charge is 0.478 e. The molecule has 1 atom stereocenters. The quantitative estimate of drug-likeness (QED) is 0.691. The summed E-state index contributed by atoms with van der Waals surface area (Å²) in [6.45, 7) is 1.84. The topological polar surface area (TPSA) is 37.3 Å². The molecule has 0 aliphatic rings. The van der Waals surface area contributed by atoms with Crippen molar-refractivity contribution in [3.8, 4) is 0 Å². The molecule has 128 valence electrons. The second-order valence-corrected chi connectivity index (χ2v) is 9.51. The van der Waals surface area contributed by atoms with Crippen molar-refractivity contribution >= 4 is 41.6 Å². The van der Waals surface area contributed by atoms with Gasteiger partial charge in [-0.05, 0) is 43.3 Å². The van der Waals surface area contributed by atoms with Crippen LogP contribution in [0.25, 0.3) is 0 Å².